The van der Waals surface area contributed by atoms with E-state index in [0.29, 0.717) is 18.7 Å². The predicted octanol–water partition coefficient (Wildman–Crippen LogP) is 2.41. The van der Waals surface area contributed by atoms with Gasteiger partial charge in [-0.15, -0.1) is 0 Å². The molecule has 0 unspecified atom stereocenters. The van der Waals surface area contributed by atoms with E-state index in [1.165, 1.54) is 23.9 Å². The van der Waals surface area contributed by atoms with Crippen molar-refractivity contribution in [1.82, 2.24) is 20.5 Å². The number of benzene rings is 1. The van der Waals surface area contributed by atoms with E-state index >= 15 is 0 Å². The van der Waals surface area contributed by atoms with Crippen LogP contribution in [0.4, 0.5) is 18.0 Å². The number of urea groups is 1. The van der Waals surface area contributed by atoms with E-state index in [9.17, 15) is 22.8 Å². The maximum absolute atomic E-state index is 12.3. The Kier molecular flexibility index (Phi) is 6.76. The molecule has 0 aliphatic carbocycles. The molecule has 3 rings (SSSR count). The molecule has 1 aliphatic heterocycles. The van der Waals surface area contributed by atoms with Crippen LogP contribution in [0.15, 0.2) is 42.6 Å². The first-order valence-electron chi connectivity index (χ1n) is 9.31. The first kappa shape index (κ1) is 21.4. The largest absolute Gasteiger partial charge is 0.468 e. The Morgan fingerprint density at radius 1 is 1.10 bits per heavy atom. The van der Waals surface area contributed by atoms with E-state index in [4.69, 9.17) is 0 Å². The smallest absolute Gasteiger partial charge is 0.422 e. The molecular formula is C20H21F3N4O3. The van der Waals surface area contributed by atoms with Crippen molar-refractivity contribution in [2.45, 2.75) is 25.7 Å². The van der Waals surface area contributed by atoms with E-state index < -0.39 is 18.8 Å². The number of pyridine rings is 1. The van der Waals surface area contributed by atoms with E-state index in [-0.39, 0.29) is 24.9 Å². The fourth-order valence-corrected chi connectivity index (χ4v) is 2.98. The Balaban J connectivity index is 1.38. The van der Waals surface area contributed by atoms with Crippen LogP contribution in [-0.2, 0) is 24.3 Å². The maximum Gasteiger partial charge on any atom is 0.422 e. The molecule has 0 spiro atoms. The third-order valence-corrected chi connectivity index (χ3v) is 4.52. The molecule has 1 aromatic carbocycles. The highest BCUT2D eigenvalue weighted by atomic mass is 19.4. The van der Waals surface area contributed by atoms with Gasteiger partial charge in [-0.3, -0.25) is 4.79 Å². The van der Waals surface area contributed by atoms with Crippen LogP contribution in [0.5, 0.6) is 5.88 Å². The van der Waals surface area contributed by atoms with Gasteiger partial charge >= 0.3 is 12.2 Å². The van der Waals surface area contributed by atoms with Crippen molar-refractivity contribution in [2.24, 2.45) is 0 Å². The molecule has 30 heavy (non-hydrogen) atoms. The highest BCUT2D eigenvalue weighted by molar-refractivity contribution is 5.84. The Hall–Kier alpha value is -3.30. The number of rotatable bonds is 6. The van der Waals surface area contributed by atoms with Gasteiger partial charge in [0.25, 0.3) is 0 Å². The number of carbonyl (C=O) groups is 2. The second kappa shape index (κ2) is 9.47. The van der Waals surface area contributed by atoms with Crippen LogP contribution >= 0.6 is 0 Å². The summed E-state index contributed by atoms with van der Waals surface area (Å²) in [6.07, 6.45) is -2.35. The van der Waals surface area contributed by atoms with Gasteiger partial charge in [-0.1, -0.05) is 30.3 Å². The van der Waals surface area contributed by atoms with Gasteiger partial charge in [-0.05, 0) is 23.1 Å². The number of alkyl halides is 3. The fraction of sp³-hybridized carbons (Fsp3) is 0.350. The number of halogens is 3. The van der Waals surface area contributed by atoms with Crippen LogP contribution in [0, 0.1) is 0 Å². The third-order valence-electron chi connectivity index (χ3n) is 4.52. The minimum absolute atomic E-state index is 0.101. The summed E-state index contributed by atoms with van der Waals surface area (Å²) in [6, 6.07) is 10.2. The zero-order valence-electron chi connectivity index (χ0n) is 16.0. The van der Waals surface area contributed by atoms with Crippen molar-refractivity contribution < 1.29 is 27.5 Å². The van der Waals surface area contributed by atoms with Gasteiger partial charge in [0.05, 0.1) is 6.54 Å². The highest BCUT2D eigenvalue weighted by Gasteiger charge is 2.28. The summed E-state index contributed by atoms with van der Waals surface area (Å²) in [7, 11) is 0. The molecule has 0 fully saturated rings. The minimum atomic E-state index is -4.44. The van der Waals surface area contributed by atoms with Crippen molar-refractivity contribution in [3.05, 3.63) is 59.3 Å². The van der Waals surface area contributed by atoms with Gasteiger partial charge in [0.1, 0.15) is 0 Å². The van der Waals surface area contributed by atoms with Crippen LogP contribution < -0.4 is 15.4 Å². The number of hydrogen-bond acceptors (Lipinski definition) is 4. The second-order valence-electron chi connectivity index (χ2n) is 6.78. The van der Waals surface area contributed by atoms with Crippen molar-refractivity contribution in [3.8, 4) is 5.88 Å². The molecule has 160 valence electrons. The van der Waals surface area contributed by atoms with Crippen LogP contribution in [0.1, 0.15) is 16.7 Å². The lowest BCUT2D eigenvalue weighted by atomic mass is 10.00. The minimum Gasteiger partial charge on any atom is -0.468 e. The molecule has 3 amide bonds. The number of fused-ring (bicyclic) bond motifs is 1. The van der Waals surface area contributed by atoms with Gasteiger partial charge in [-0.2, -0.15) is 13.2 Å². The van der Waals surface area contributed by atoms with Crippen molar-refractivity contribution in [3.63, 3.8) is 0 Å². The molecule has 0 bridgehead atoms. The lowest BCUT2D eigenvalue weighted by molar-refractivity contribution is -0.154. The van der Waals surface area contributed by atoms with Gasteiger partial charge in [0.15, 0.2) is 6.61 Å². The number of ether oxygens (including phenoxy) is 1. The summed E-state index contributed by atoms with van der Waals surface area (Å²) < 4.78 is 40.8. The number of nitrogens with one attached hydrogen (secondary N) is 2. The summed E-state index contributed by atoms with van der Waals surface area (Å²) in [5.41, 5.74) is 2.91. The molecule has 7 nitrogen and oxygen atoms in total. The Bertz CT molecular complexity index is 888. The van der Waals surface area contributed by atoms with Crippen molar-refractivity contribution >= 4 is 11.9 Å². The molecule has 1 aliphatic rings. The summed E-state index contributed by atoms with van der Waals surface area (Å²) in [4.78, 5) is 29.7. The first-order chi connectivity index (χ1) is 14.3. The topological polar surface area (TPSA) is 83.6 Å². The van der Waals surface area contributed by atoms with Crippen LogP contribution in [0.25, 0.3) is 0 Å². The van der Waals surface area contributed by atoms with Gasteiger partial charge in [0, 0.05) is 31.9 Å². The molecule has 2 heterocycles. The normalized spacial score (nSPS) is 13.4. The number of amides is 3. The molecule has 0 saturated carbocycles. The summed E-state index contributed by atoms with van der Waals surface area (Å²) in [5, 5.41) is 5.08. The van der Waals surface area contributed by atoms with Crippen LogP contribution in [-0.4, -0.2) is 47.7 Å². The van der Waals surface area contributed by atoms with E-state index in [0.717, 1.165) is 12.0 Å². The molecule has 2 aromatic rings. The second-order valence-corrected chi connectivity index (χ2v) is 6.78. The van der Waals surface area contributed by atoms with E-state index in [2.05, 4.69) is 20.4 Å². The zero-order valence-corrected chi connectivity index (χ0v) is 16.0. The lowest BCUT2D eigenvalue weighted by Crippen LogP contribution is -2.45. The summed E-state index contributed by atoms with van der Waals surface area (Å²) >= 11 is 0. The van der Waals surface area contributed by atoms with Crippen LogP contribution in [0.2, 0.25) is 0 Å². The quantitative estimate of drug-likeness (QED) is 0.749. The molecule has 0 saturated heterocycles. The Labute approximate surface area is 171 Å². The zero-order chi connectivity index (χ0) is 21.6. The van der Waals surface area contributed by atoms with E-state index in [1.807, 2.05) is 24.3 Å². The SMILES string of the molecule is O=C(NCC(=O)N1CCc2ccccc2C1)NCc1ccc(OCC(F)(F)F)nc1. The summed E-state index contributed by atoms with van der Waals surface area (Å²) in [5.74, 6) is -0.332. The van der Waals surface area contributed by atoms with Gasteiger partial charge in [0.2, 0.25) is 11.8 Å². The molecule has 2 N–H and O–H groups in total. The molecule has 10 heteroatoms. The average Bonchev–Trinajstić information content (AvgIpc) is 2.74. The van der Waals surface area contributed by atoms with E-state index in [1.54, 1.807) is 4.90 Å². The molecular weight excluding hydrogens is 401 g/mol. The molecule has 0 atom stereocenters. The van der Waals surface area contributed by atoms with Gasteiger partial charge < -0.3 is 20.3 Å². The Morgan fingerprint density at radius 2 is 1.87 bits per heavy atom. The number of nitrogens with zero attached hydrogens (tertiary/aromatic N) is 2. The van der Waals surface area contributed by atoms with Crippen molar-refractivity contribution in [2.75, 3.05) is 19.7 Å². The molecule has 1 aromatic heterocycles. The lowest BCUT2D eigenvalue weighted by Gasteiger charge is -2.29. The first-order valence-corrected chi connectivity index (χ1v) is 9.31. The summed E-state index contributed by atoms with van der Waals surface area (Å²) in [6.45, 7) is -0.322. The van der Waals surface area contributed by atoms with Crippen LogP contribution in [0.3, 0.4) is 0 Å². The highest BCUT2D eigenvalue weighted by Crippen LogP contribution is 2.18. The Morgan fingerprint density at radius 3 is 2.57 bits per heavy atom. The number of hydrogen-bond donors (Lipinski definition) is 2. The predicted molar refractivity (Wildman–Crippen MR) is 102 cm³/mol. The number of aromatic nitrogens is 1. The third kappa shape index (κ3) is 6.36. The monoisotopic (exact) mass is 422 g/mol. The maximum atomic E-state index is 12.3. The average molecular weight is 422 g/mol. The fourth-order valence-electron chi connectivity index (χ4n) is 2.98. The standard InChI is InChI=1S/C20H21F3N4O3/c21-20(22,23)13-30-17-6-5-14(9-24-17)10-25-19(29)26-11-18(28)27-8-7-15-3-1-2-4-16(15)12-27/h1-6,9H,7-8,10-13H2,(H2,25,26,29). The number of carbonyl (C=O) groups excluding carboxylic acids is 2. The van der Waals surface area contributed by atoms with Crippen molar-refractivity contribution in [1.29, 1.82) is 0 Å². The van der Waals surface area contributed by atoms with Gasteiger partial charge in [-0.25, -0.2) is 9.78 Å². The molecule has 0 radical (unpaired) electrons.